The van der Waals surface area contributed by atoms with Gasteiger partial charge in [-0.3, -0.25) is 0 Å². The molecule has 0 saturated carbocycles. The summed E-state index contributed by atoms with van der Waals surface area (Å²) in [6.07, 6.45) is 0. The SMILES string of the molecule is O=[N+]([O-])c1ccc([Se]c2c3ccccc3cc3ccccc23)cc1. The topological polar surface area (TPSA) is 43.1 Å². The Balaban J connectivity index is 1.88. The molecule has 0 radical (unpaired) electrons. The first-order valence-corrected chi connectivity index (χ1v) is 9.26. The number of nitro benzene ring substituents is 1. The number of nitro groups is 1. The molecule has 4 aromatic rings. The number of hydrogen-bond acceptors (Lipinski definition) is 2. The van der Waals surface area contributed by atoms with Crippen molar-refractivity contribution < 1.29 is 4.92 Å². The van der Waals surface area contributed by atoms with E-state index in [-0.39, 0.29) is 25.6 Å². The Morgan fingerprint density at radius 2 is 1.29 bits per heavy atom. The molecule has 0 heterocycles. The molecule has 0 spiro atoms. The van der Waals surface area contributed by atoms with E-state index in [0.29, 0.717) is 0 Å². The summed E-state index contributed by atoms with van der Waals surface area (Å²) in [4.78, 5) is 10.5. The van der Waals surface area contributed by atoms with Crippen molar-refractivity contribution in [1.82, 2.24) is 0 Å². The molecule has 0 atom stereocenters. The molecule has 3 nitrogen and oxygen atoms in total. The second-order valence-corrected chi connectivity index (χ2v) is 7.77. The third kappa shape index (κ3) is 2.67. The van der Waals surface area contributed by atoms with E-state index in [1.54, 1.807) is 12.1 Å². The molecule has 4 heteroatoms. The van der Waals surface area contributed by atoms with Gasteiger partial charge in [0.25, 0.3) is 0 Å². The predicted octanol–water partition coefficient (Wildman–Crippen LogP) is 3.56. The fraction of sp³-hybridized carbons (Fsp3) is 0. The van der Waals surface area contributed by atoms with Crippen LogP contribution in [0.3, 0.4) is 0 Å². The summed E-state index contributed by atoms with van der Waals surface area (Å²) in [5.74, 6) is 0. The van der Waals surface area contributed by atoms with Crippen LogP contribution in [0.15, 0.2) is 78.9 Å². The fourth-order valence-corrected chi connectivity index (χ4v) is 5.14. The summed E-state index contributed by atoms with van der Waals surface area (Å²) in [5, 5.41) is 15.8. The standard InChI is InChI=1S/C20H13NO2Se/c22-21(23)16-9-11-17(12-10-16)24-20-18-7-3-1-5-14(18)13-15-6-2-4-8-19(15)20/h1-13H. The molecule has 0 unspecified atom stereocenters. The molecular weight excluding hydrogens is 365 g/mol. The first-order chi connectivity index (χ1) is 11.7. The number of hydrogen-bond donors (Lipinski definition) is 0. The van der Waals surface area contributed by atoms with Crippen molar-refractivity contribution in [2.45, 2.75) is 0 Å². The van der Waals surface area contributed by atoms with E-state index in [9.17, 15) is 10.1 Å². The van der Waals surface area contributed by atoms with E-state index >= 15 is 0 Å². The molecule has 0 aliphatic carbocycles. The molecule has 0 aliphatic heterocycles. The third-order valence-corrected chi connectivity index (χ3v) is 6.41. The van der Waals surface area contributed by atoms with Gasteiger partial charge in [0.05, 0.1) is 0 Å². The van der Waals surface area contributed by atoms with Crippen molar-refractivity contribution >= 4 is 51.1 Å². The Morgan fingerprint density at radius 3 is 1.83 bits per heavy atom. The van der Waals surface area contributed by atoms with Crippen LogP contribution in [-0.2, 0) is 0 Å². The molecular formula is C20H13NO2Se. The Labute approximate surface area is 145 Å². The second kappa shape index (κ2) is 6.08. The molecule has 24 heavy (non-hydrogen) atoms. The van der Waals surface area contributed by atoms with Crippen molar-refractivity contribution in [3.05, 3.63) is 89.0 Å². The van der Waals surface area contributed by atoms with Crippen LogP contribution in [0.1, 0.15) is 0 Å². The number of rotatable bonds is 3. The number of nitrogens with zero attached hydrogens (tertiary/aromatic N) is 1. The van der Waals surface area contributed by atoms with E-state index in [4.69, 9.17) is 0 Å². The Bertz CT molecular complexity index is 1000. The predicted molar refractivity (Wildman–Crippen MR) is 99.6 cm³/mol. The average molecular weight is 378 g/mol. The van der Waals surface area contributed by atoms with E-state index in [0.717, 1.165) is 4.46 Å². The maximum absolute atomic E-state index is 10.8. The molecule has 4 aromatic carbocycles. The number of fused-ring (bicyclic) bond motifs is 2. The van der Waals surface area contributed by atoms with Crippen LogP contribution in [0.5, 0.6) is 0 Å². The summed E-state index contributed by atoms with van der Waals surface area (Å²) in [6, 6.07) is 26.0. The van der Waals surface area contributed by atoms with Crippen LogP contribution in [0.4, 0.5) is 5.69 Å². The van der Waals surface area contributed by atoms with Crippen LogP contribution in [0.2, 0.25) is 0 Å². The Hall–Kier alpha value is -2.68. The van der Waals surface area contributed by atoms with Crippen molar-refractivity contribution in [1.29, 1.82) is 0 Å². The van der Waals surface area contributed by atoms with Gasteiger partial charge in [-0.2, -0.15) is 0 Å². The van der Waals surface area contributed by atoms with E-state index < -0.39 is 0 Å². The summed E-state index contributed by atoms with van der Waals surface area (Å²) < 4.78 is 2.46. The minimum absolute atomic E-state index is 0.0790. The monoisotopic (exact) mass is 379 g/mol. The van der Waals surface area contributed by atoms with Crippen LogP contribution < -0.4 is 8.92 Å². The maximum atomic E-state index is 10.8. The summed E-state index contributed by atoms with van der Waals surface area (Å²) in [7, 11) is 0. The van der Waals surface area contributed by atoms with Gasteiger partial charge in [0.1, 0.15) is 0 Å². The van der Waals surface area contributed by atoms with Crippen molar-refractivity contribution in [3.63, 3.8) is 0 Å². The zero-order valence-corrected chi connectivity index (χ0v) is 14.4. The van der Waals surface area contributed by atoms with Gasteiger partial charge in [0.15, 0.2) is 0 Å². The molecule has 4 rings (SSSR count). The van der Waals surface area contributed by atoms with Crippen LogP contribution in [0.25, 0.3) is 21.5 Å². The Morgan fingerprint density at radius 1 is 0.750 bits per heavy atom. The van der Waals surface area contributed by atoms with Crippen molar-refractivity contribution in [2.24, 2.45) is 0 Å². The van der Waals surface area contributed by atoms with Gasteiger partial charge in [0.2, 0.25) is 0 Å². The third-order valence-electron chi connectivity index (χ3n) is 3.99. The van der Waals surface area contributed by atoms with E-state index in [1.165, 1.54) is 26.0 Å². The van der Waals surface area contributed by atoms with Gasteiger partial charge >= 0.3 is 145 Å². The first kappa shape index (κ1) is 14.9. The van der Waals surface area contributed by atoms with Gasteiger partial charge in [-0.15, -0.1) is 0 Å². The van der Waals surface area contributed by atoms with Gasteiger partial charge < -0.3 is 0 Å². The van der Waals surface area contributed by atoms with Crippen molar-refractivity contribution in [2.75, 3.05) is 0 Å². The summed E-state index contributed by atoms with van der Waals surface area (Å²) in [6.45, 7) is 0. The molecule has 0 aliphatic rings. The molecule has 0 fully saturated rings. The normalized spacial score (nSPS) is 11.0. The first-order valence-electron chi connectivity index (χ1n) is 7.55. The number of benzene rings is 4. The van der Waals surface area contributed by atoms with Gasteiger partial charge in [-0.25, -0.2) is 0 Å². The zero-order valence-electron chi connectivity index (χ0n) is 12.7. The number of non-ortho nitro benzene ring substituents is 1. The quantitative estimate of drug-likeness (QED) is 0.237. The van der Waals surface area contributed by atoms with Gasteiger partial charge in [0, 0.05) is 0 Å². The summed E-state index contributed by atoms with van der Waals surface area (Å²) in [5.41, 5.74) is 0.136. The van der Waals surface area contributed by atoms with Gasteiger partial charge in [-0.1, -0.05) is 0 Å². The van der Waals surface area contributed by atoms with Gasteiger partial charge in [-0.05, 0) is 0 Å². The van der Waals surface area contributed by atoms with E-state index in [1.807, 2.05) is 12.1 Å². The van der Waals surface area contributed by atoms with Crippen molar-refractivity contribution in [3.8, 4) is 0 Å². The zero-order chi connectivity index (χ0) is 16.5. The summed E-state index contributed by atoms with van der Waals surface area (Å²) >= 11 is 0.0790. The minimum atomic E-state index is -0.357. The second-order valence-electron chi connectivity index (χ2n) is 5.50. The molecule has 0 saturated heterocycles. The molecule has 0 amide bonds. The molecule has 0 aromatic heterocycles. The Kier molecular flexibility index (Phi) is 3.77. The molecule has 0 bridgehead atoms. The van der Waals surface area contributed by atoms with Crippen LogP contribution in [0, 0.1) is 10.1 Å². The van der Waals surface area contributed by atoms with E-state index in [2.05, 4.69) is 54.6 Å². The molecule has 0 N–H and O–H groups in total. The van der Waals surface area contributed by atoms with Crippen LogP contribution >= 0.6 is 0 Å². The fourth-order valence-electron chi connectivity index (χ4n) is 2.84. The molecule has 116 valence electrons. The van der Waals surface area contributed by atoms with Crippen LogP contribution in [-0.4, -0.2) is 19.9 Å². The average Bonchev–Trinajstić information content (AvgIpc) is 2.62.